The number of hydrogen-bond donors (Lipinski definition) is 1. The Kier molecular flexibility index (Phi) is 6.00. The molecule has 6 heteroatoms. The second-order valence-corrected chi connectivity index (χ2v) is 5.77. The summed E-state index contributed by atoms with van der Waals surface area (Å²) in [6.45, 7) is 4.81. The maximum absolute atomic E-state index is 5.04. The molecule has 1 aliphatic heterocycles. The van der Waals surface area contributed by atoms with Gasteiger partial charge in [0.05, 0.1) is 11.1 Å². The molecule has 1 aromatic heterocycles. The summed E-state index contributed by atoms with van der Waals surface area (Å²) in [6, 6.07) is 0. The molecule has 0 aliphatic carbocycles. The average molecular weight is 329 g/mol. The highest BCUT2D eigenvalue weighted by Gasteiger charge is 2.21. The van der Waals surface area contributed by atoms with E-state index >= 15 is 0 Å². The Labute approximate surface area is 122 Å². The van der Waals surface area contributed by atoms with E-state index in [9.17, 15) is 0 Å². The van der Waals surface area contributed by atoms with Gasteiger partial charge in [0, 0.05) is 39.1 Å². The topological polar surface area (TPSA) is 50.3 Å². The SMILES string of the molecule is COCCNCC1CCCN(c2ncc(Br)cn2)C1. The lowest BCUT2D eigenvalue weighted by Gasteiger charge is -2.32. The van der Waals surface area contributed by atoms with Crippen LogP contribution in [0.1, 0.15) is 12.8 Å². The van der Waals surface area contributed by atoms with E-state index in [-0.39, 0.29) is 0 Å². The first kappa shape index (κ1) is 14.7. The van der Waals surface area contributed by atoms with E-state index in [1.807, 2.05) is 12.4 Å². The molecule has 0 aromatic carbocycles. The predicted molar refractivity (Wildman–Crippen MR) is 79.4 cm³/mol. The Morgan fingerprint density at radius 3 is 3.00 bits per heavy atom. The number of aromatic nitrogens is 2. The standard InChI is InChI=1S/C13H21BrN4O/c1-19-6-4-15-7-11-3-2-5-18(10-11)13-16-8-12(14)9-17-13/h8-9,11,15H,2-7,10H2,1H3. The molecule has 1 fully saturated rings. The molecule has 5 nitrogen and oxygen atoms in total. The van der Waals surface area contributed by atoms with Crippen LogP contribution in [0.15, 0.2) is 16.9 Å². The van der Waals surface area contributed by atoms with Crippen LogP contribution in [0, 0.1) is 5.92 Å². The number of halogens is 1. The minimum absolute atomic E-state index is 0.665. The highest BCUT2D eigenvalue weighted by Crippen LogP contribution is 2.20. The van der Waals surface area contributed by atoms with Crippen LogP contribution in [0.3, 0.4) is 0 Å². The van der Waals surface area contributed by atoms with Gasteiger partial charge >= 0.3 is 0 Å². The van der Waals surface area contributed by atoms with Crippen molar-refractivity contribution in [1.82, 2.24) is 15.3 Å². The van der Waals surface area contributed by atoms with Crippen LogP contribution in [-0.2, 0) is 4.74 Å². The molecule has 2 rings (SSSR count). The first-order valence-corrected chi connectivity index (χ1v) is 7.51. The van der Waals surface area contributed by atoms with Crippen molar-refractivity contribution in [2.24, 2.45) is 5.92 Å². The molecule has 0 spiro atoms. The molecule has 1 aromatic rings. The van der Waals surface area contributed by atoms with Gasteiger partial charge in [0.1, 0.15) is 0 Å². The first-order chi connectivity index (χ1) is 9.29. The molecular weight excluding hydrogens is 308 g/mol. The predicted octanol–water partition coefficient (Wildman–Crippen LogP) is 1.69. The largest absolute Gasteiger partial charge is 0.383 e. The van der Waals surface area contributed by atoms with Crippen molar-refractivity contribution in [3.8, 4) is 0 Å². The summed E-state index contributed by atoms with van der Waals surface area (Å²) >= 11 is 3.36. The minimum Gasteiger partial charge on any atom is -0.383 e. The van der Waals surface area contributed by atoms with Gasteiger partial charge in [-0.05, 0) is 41.2 Å². The number of hydrogen-bond acceptors (Lipinski definition) is 5. The van der Waals surface area contributed by atoms with E-state index in [0.717, 1.165) is 43.2 Å². The van der Waals surface area contributed by atoms with Crippen LogP contribution in [0.25, 0.3) is 0 Å². The number of nitrogens with one attached hydrogen (secondary N) is 1. The number of rotatable bonds is 6. The summed E-state index contributed by atoms with van der Waals surface area (Å²) in [6.07, 6.45) is 6.09. The Balaban J connectivity index is 1.81. The molecule has 1 N–H and O–H groups in total. The zero-order valence-corrected chi connectivity index (χ0v) is 12.9. The molecule has 1 aliphatic rings. The first-order valence-electron chi connectivity index (χ1n) is 6.71. The second-order valence-electron chi connectivity index (χ2n) is 4.85. The van der Waals surface area contributed by atoms with Crippen molar-refractivity contribution >= 4 is 21.9 Å². The van der Waals surface area contributed by atoms with Gasteiger partial charge in [-0.2, -0.15) is 0 Å². The summed E-state index contributed by atoms with van der Waals surface area (Å²) < 4.78 is 5.96. The highest BCUT2D eigenvalue weighted by atomic mass is 79.9. The Bertz CT molecular complexity index is 373. The van der Waals surface area contributed by atoms with Gasteiger partial charge < -0.3 is 15.0 Å². The van der Waals surface area contributed by atoms with Crippen LogP contribution in [0.2, 0.25) is 0 Å². The van der Waals surface area contributed by atoms with Crippen molar-refractivity contribution in [2.75, 3.05) is 44.8 Å². The summed E-state index contributed by atoms with van der Waals surface area (Å²) in [5, 5.41) is 3.44. The van der Waals surface area contributed by atoms with Crippen molar-refractivity contribution < 1.29 is 4.74 Å². The monoisotopic (exact) mass is 328 g/mol. The lowest BCUT2D eigenvalue weighted by Crippen LogP contribution is -2.41. The van der Waals surface area contributed by atoms with Crippen LogP contribution < -0.4 is 10.2 Å². The van der Waals surface area contributed by atoms with Crippen molar-refractivity contribution in [2.45, 2.75) is 12.8 Å². The average Bonchev–Trinajstić information content (AvgIpc) is 2.45. The van der Waals surface area contributed by atoms with Gasteiger partial charge in [0.15, 0.2) is 0 Å². The summed E-state index contributed by atoms with van der Waals surface area (Å²) in [7, 11) is 1.73. The molecule has 1 atom stereocenters. The van der Waals surface area contributed by atoms with Crippen molar-refractivity contribution in [3.63, 3.8) is 0 Å². The number of methoxy groups -OCH3 is 1. The van der Waals surface area contributed by atoms with Gasteiger partial charge in [-0.1, -0.05) is 0 Å². The van der Waals surface area contributed by atoms with Gasteiger partial charge in [0.25, 0.3) is 0 Å². The molecule has 0 radical (unpaired) electrons. The van der Waals surface area contributed by atoms with E-state index in [1.54, 1.807) is 7.11 Å². The zero-order chi connectivity index (χ0) is 13.5. The molecule has 19 heavy (non-hydrogen) atoms. The third-order valence-electron chi connectivity index (χ3n) is 3.32. The Hall–Kier alpha value is -0.720. The smallest absolute Gasteiger partial charge is 0.225 e. The molecule has 0 saturated carbocycles. The Morgan fingerprint density at radius 2 is 2.26 bits per heavy atom. The molecule has 1 saturated heterocycles. The summed E-state index contributed by atoms with van der Waals surface area (Å²) in [5.74, 6) is 1.50. The molecule has 106 valence electrons. The van der Waals surface area contributed by atoms with E-state index in [4.69, 9.17) is 4.74 Å². The van der Waals surface area contributed by atoms with Crippen LogP contribution >= 0.6 is 15.9 Å². The third kappa shape index (κ3) is 4.71. The number of nitrogens with zero attached hydrogens (tertiary/aromatic N) is 3. The Morgan fingerprint density at radius 1 is 1.47 bits per heavy atom. The van der Waals surface area contributed by atoms with E-state index in [0.29, 0.717) is 5.92 Å². The number of anilines is 1. The van der Waals surface area contributed by atoms with Crippen molar-refractivity contribution in [3.05, 3.63) is 16.9 Å². The second kappa shape index (κ2) is 7.77. The quantitative estimate of drug-likeness (QED) is 0.805. The van der Waals surface area contributed by atoms with E-state index < -0.39 is 0 Å². The van der Waals surface area contributed by atoms with Crippen molar-refractivity contribution in [1.29, 1.82) is 0 Å². The molecule has 2 heterocycles. The third-order valence-corrected chi connectivity index (χ3v) is 3.73. The molecular formula is C13H21BrN4O. The highest BCUT2D eigenvalue weighted by molar-refractivity contribution is 9.10. The minimum atomic E-state index is 0.665. The fourth-order valence-corrected chi connectivity index (χ4v) is 2.57. The molecule has 0 amide bonds. The van der Waals surface area contributed by atoms with Gasteiger partial charge in [-0.15, -0.1) is 0 Å². The zero-order valence-electron chi connectivity index (χ0n) is 11.3. The maximum atomic E-state index is 5.04. The summed E-state index contributed by atoms with van der Waals surface area (Å²) in [4.78, 5) is 11.0. The molecule has 0 bridgehead atoms. The van der Waals surface area contributed by atoms with Crippen LogP contribution in [0.4, 0.5) is 5.95 Å². The fraction of sp³-hybridized carbons (Fsp3) is 0.692. The lowest BCUT2D eigenvalue weighted by atomic mass is 9.98. The van der Waals surface area contributed by atoms with Gasteiger partial charge in [-0.3, -0.25) is 0 Å². The van der Waals surface area contributed by atoms with Gasteiger partial charge in [0.2, 0.25) is 5.95 Å². The summed E-state index contributed by atoms with van der Waals surface area (Å²) in [5.41, 5.74) is 0. The lowest BCUT2D eigenvalue weighted by molar-refractivity contribution is 0.197. The molecule has 1 unspecified atom stereocenters. The van der Waals surface area contributed by atoms with Crippen LogP contribution in [0.5, 0.6) is 0 Å². The van der Waals surface area contributed by atoms with E-state index in [2.05, 4.69) is 36.1 Å². The van der Waals surface area contributed by atoms with Gasteiger partial charge in [-0.25, -0.2) is 9.97 Å². The fourth-order valence-electron chi connectivity index (χ4n) is 2.36. The number of piperidine rings is 1. The van der Waals surface area contributed by atoms with E-state index in [1.165, 1.54) is 12.8 Å². The number of ether oxygens (including phenoxy) is 1. The van der Waals surface area contributed by atoms with Crippen LogP contribution in [-0.4, -0.2) is 49.9 Å². The normalized spacial score (nSPS) is 19.7. The maximum Gasteiger partial charge on any atom is 0.225 e.